The van der Waals surface area contributed by atoms with Gasteiger partial charge in [0.25, 0.3) is 0 Å². The lowest BCUT2D eigenvalue weighted by Gasteiger charge is -2.27. The summed E-state index contributed by atoms with van der Waals surface area (Å²) in [6.07, 6.45) is 6.52. The third-order valence-electron chi connectivity index (χ3n) is 4.01. The van der Waals surface area contributed by atoms with Crippen molar-refractivity contribution in [2.45, 2.75) is 44.6 Å². The molecule has 2 unspecified atom stereocenters. The van der Waals surface area contributed by atoms with Gasteiger partial charge < -0.3 is 15.3 Å². The molecular weight excluding hydrogens is 216 g/mol. The van der Waals surface area contributed by atoms with Crippen LogP contribution >= 0.6 is 0 Å². The summed E-state index contributed by atoms with van der Waals surface area (Å²) in [4.78, 5) is 13.8. The quantitative estimate of drug-likeness (QED) is 0.762. The van der Waals surface area contributed by atoms with Crippen LogP contribution in [0, 0.1) is 5.92 Å². The van der Waals surface area contributed by atoms with Gasteiger partial charge in [-0.05, 0) is 38.0 Å². The van der Waals surface area contributed by atoms with Crippen molar-refractivity contribution in [3.63, 3.8) is 0 Å². The lowest BCUT2D eigenvalue weighted by molar-refractivity contribution is -0.131. The summed E-state index contributed by atoms with van der Waals surface area (Å²) >= 11 is 0. The van der Waals surface area contributed by atoms with Crippen LogP contribution < -0.4 is 5.32 Å². The molecule has 2 rings (SSSR count). The molecule has 0 aromatic rings. The van der Waals surface area contributed by atoms with E-state index in [1.54, 1.807) is 0 Å². The van der Waals surface area contributed by atoms with Gasteiger partial charge >= 0.3 is 0 Å². The first-order valence-electron chi connectivity index (χ1n) is 6.94. The molecule has 0 aromatic carbocycles. The maximum absolute atomic E-state index is 11.9. The molecule has 4 nitrogen and oxygen atoms in total. The van der Waals surface area contributed by atoms with Crippen LogP contribution in [0.25, 0.3) is 0 Å². The number of likely N-dealkylation sites (tertiary alicyclic amines) is 1. The van der Waals surface area contributed by atoms with Crippen molar-refractivity contribution in [3.8, 4) is 0 Å². The van der Waals surface area contributed by atoms with Gasteiger partial charge in [-0.1, -0.05) is 6.42 Å². The molecule has 1 aliphatic heterocycles. The second-order valence-corrected chi connectivity index (χ2v) is 5.33. The molecule has 0 radical (unpaired) electrons. The van der Waals surface area contributed by atoms with Crippen molar-refractivity contribution in [1.29, 1.82) is 0 Å². The summed E-state index contributed by atoms with van der Waals surface area (Å²) in [7, 11) is 0. The second-order valence-electron chi connectivity index (χ2n) is 5.33. The number of carbonyl (C=O) groups is 1. The van der Waals surface area contributed by atoms with Crippen LogP contribution in [-0.2, 0) is 4.79 Å². The molecule has 2 aliphatic rings. The third kappa shape index (κ3) is 3.68. The summed E-state index contributed by atoms with van der Waals surface area (Å²) in [5.41, 5.74) is 0. The Morgan fingerprint density at radius 1 is 1.18 bits per heavy atom. The van der Waals surface area contributed by atoms with Gasteiger partial charge in [0, 0.05) is 19.6 Å². The maximum Gasteiger partial charge on any atom is 0.236 e. The fourth-order valence-corrected chi connectivity index (χ4v) is 2.87. The van der Waals surface area contributed by atoms with Crippen LogP contribution in [0.2, 0.25) is 0 Å². The summed E-state index contributed by atoms with van der Waals surface area (Å²) in [5, 5.41) is 12.9. The SMILES string of the molecule is O=C(CNCC1CCCC1O)N1CCCCC1. The van der Waals surface area contributed by atoms with Gasteiger partial charge in [0.1, 0.15) is 0 Å². The predicted molar refractivity (Wildman–Crippen MR) is 66.6 cm³/mol. The number of aliphatic hydroxyl groups excluding tert-OH is 1. The Morgan fingerprint density at radius 2 is 1.94 bits per heavy atom. The van der Waals surface area contributed by atoms with Crippen LogP contribution in [0.4, 0.5) is 0 Å². The number of aliphatic hydroxyl groups is 1. The van der Waals surface area contributed by atoms with Gasteiger partial charge in [0.2, 0.25) is 5.91 Å². The Morgan fingerprint density at radius 3 is 2.59 bits per heavy atom. The summed E-state index contributed by atoms with van der Waals surface area (Å²) in [6.45, 7) is 3.06. The highest BCUT2D eigenvalue weighted by molar-refractivity contribution is 5.78. The molecule has 2 fully saturated rings. The average molecular weight is 240 g/mol. The highest BCUT2D eigenvalue weighted by Gasteiger charge is 2.25. The van der Waals surface area contributed by atoms with Crippen molar-refractivity contribution in [1.82, 2.24) is 10.2 Å². The highest BCUT2D eigenvalue weighted by Crippen LogP contribution is 2.24. The number of nitrogens with zero attached hydrogens (tertiary/aromatic N) is 1. The lowest BCUT2D eigenvalue weighted by Crippen LogP contribution is -2.42. The Balaban J connectivity index is 1.62. The van der Waals surface area contributed by atoms with E-state index in [1.165, 1.54) is 6.42 Å². The monoisotopic (exact) mass is 240 g/mol. The predicted octanol–water partition coefficient (Wildman–Crippen LogP) is 0.749. The van der Waals surface area contributed by atoms with E-state index in [-0.39, 0.29) is 12.0 Å². The van der Waals surface area contributed by atoms with E-state index < -0.39 is 0 Å². The van der Waals surface area contributed by atoms with Gasteiger partial charge in [-0.25, -0.2) is 0 Å². The first-order valence-corrected chi connectivity index (χ1v) is 6.94. The largest absolute Gasteiger partial charge is 0.393 e. The molecule has 4 heteroatoms. The second kappa shape index (κ2) is 6.36. The molecule has 0 aromatic heterocycles. The summed E-state index contributed by atoms with van der Waals surface area (Å²) < 4.78 is 0. The standard InChI is InChI=1S/C13H24N2O2/c16-12-6-4-5-11(12)9-14-10-13(17)15-7-2-1-3-8-15/h11-12,14,16H,1-10H2. The Bertz CT molecular complexity index is 252. The zero-order valence-corrected chi connectivity index (χ0v) is 10.5. The molecule has 0 bridgehead atoms. The molecule has 2 N–H and O–H groups in total. The number of carbonyl (C=O) groups excluding carboxylic acids is 1. The van der Waals surface area contributed by atoms with E-state index in [0.717, 1.165) is 51.7 Å². The van der Waals surface area contributed by atoms with Gasteiger partial charge in [-0.15, -0.1) is 0 Å². The zero-order valence-electron chi connectivity index (χ0n) is 10.5. The Hall–Kier alpha value is -0.610. The highest BCUT2D eigenvalue weighted by atomic mass is 16.3. The molecule has 1 saturated carbocycles. The molecule has 1 saturated heterocycles. The van der Waals surface area contributed by atoms with Gasteiger partial charge in [0.15, 0.2) is 0 Å². The fourth-order valence-electron chi connectivity index (χ4n) is 2.87. The number of nitrogens with one attached hydrogen (secondary N) is 1. The van der Waals surface area contributed by atoms with Crippen molar-refractivity contribution in [3.05, 3.63) is 0 Å². The van der Waals surface area contributed by atoms with E-state index in [1.807, 2.05) is 4.90 Å². The number of rotatable bonds is 4. The van der Waals surface area contributed by atoms with Crippen LogP contribution in [-0.4, -0.2) is 48.2 Å². The van der Waals surface area contributed by atoms with E-state index in [0.29, 0.717) is 12.5 Å². The van der Waals surface area contributed by atoms with Crippen LogP contribution in [0.15, 0.2) is 0 Å². The molecule has 98 valence electrons. The average Bonchev–Trinajstić information content (AvgIpc) is 2.76. The topological polar surface area (TPSA) is 52.6 Å². The van der Waals surface area contributed by atoms with E-state index in [4.69, 9.17) is 0 Å². The first-order chi connectivity index (χ1) is 8.27. The zero-order chi connectivity index (χ0) is 12.1. The smallest absolute Gasteiger partial charge is 0.236 e. The number of piperidine rings is 1. The van der Waals surface area contributed by atoms with Gasteiger partial charge in [-0.3, -0.25) is 4.79 Å². The van der Waals surface area contributed by atoms with Crippen molar-refractivity contribution in [2.24, 2.45) is 5.92 Å². The Labute approximate surface area is 103 Å². The Kier molecular flexibility index (Phi) is 4.80. The molecule has 2 atom stereocenters. The third-order valence-corrected chi connectivity index (χ3v) is 4.01. The minimum atomic E-state index is -0.160. The van der Waals surface area contributed by atoms with Crippen molar-refractivity contribution >= 4 is 5.91 Å². The van der Waals surface area contributed by atoms with Crippen LogP contribution in [0.3, 0.4) is 0 Å². The number of hydrogen-bond donors (Lipinski definition) is 2. The molecule has 1 amide bonds. The van der Waals surface area contributed by atoms with Gasteiger partial charge in [0.05, 0.1) is 12.6 Å². The maximum atomic E-state index is 11.9. The minimum absolute atomic E-state index is 0.160. The summed E-state index contributed by atoms with van der Waals surface area (Å²) in [5.74, 6) is 0.571. The lowest BCUT2D eigenvalue weighted by atomic mass is 10.1. The fraction of sp³-hybridized carbons (Fsp3) is 0.923. The normalized spacial score (nSPS) is 29.6. The first kappa shape index (κ1) is 12.8. The minimum Gasteiger partial charge on any atom is -0.393 e. The molecule has 1 aliphatic carbocycles. The van der Waals surface area contributed by atoms with E-state index >= 15 is 0 Å². The van der Waals surface area contributed by atoms with E-state index in [2.05, 4.69) is 5.32 Å². The van der Waals surface area contributed by atoms with Crippen molar-refractivity contribution < 1.29 is 9.90 Å². The number of amides is 1. The van der Waals surface area contributed by atoms with Crippen LogP contribution in [0.5, 0.6) is 0 Å². The molecule has 1 heterocycles. The summed E-state index contributed by atoms with van der Waals surface area (Å²) in [6, 6.07) is 0. The van der Waals surface area contributed by atoms with Crippen LogP contribution in [0.1, 0.15) is 38.5 Å². The number of hydrogen-bond acceptors (Lipinski definition) is 3. The van der Waals surface area contributed by atoms with E-state index in [9.17, 15) is 9.90 Å². The molecule has 17 heavy (non-hydrogen) atoms. The molecular formula is C13H24N2O2. The van der Waals surface area contributed by atoms with Gasteiger partial charge in [-0.2, -0.15) is 0 Å². The van der Waals surface area contributed by atoms with Crippen molar-refractivity contribution in [2.75, 3.05) is 26.2 Å². The molecule has 0 spiro atoms.